The number of amides is 1. The number of anilines is 4. The van der Waals surface area contributed by atoms with E-state index < -0.39 is 41.1 Å². The van der Waals surface area contributed by atoms with Gasteiger partial charge in [0.05, 0.1) is 16.8 Å². The van der Waals surface area contributed by atoms with Crippen LogP contribution in [0.4, 0.5) is 58.7 Å². The summed E-state index contributed by atoms with van der Waals surface area (Å²) in [6, 6.07) is 6.51. The molecule has 1 unspecified atom stereocenters. The Morgan fingerprint density at radius 3 is 2.27 bits per heavy atom. The second kappa shape index (κ2) is 11.4. The molecular formula is C26H25F7N6O2. The van der Waals surface area contributed by atoms with E-state index in [4.69, 9.17) is 4.74 Å². The largest absolute Gasteiger partial charge is 0.420 e. The number of piperazine rings is 1. The SMILES string of the molecule is CC1CN(c2ccc(Nc3nccc(N(C)C(=O)Oc4cc(C(F)(F)F)cc(C(F)(F)F)c4)n3)cc2F)CCN1C. The third-order valence-corrected chi connectivity index (χ3v) is 6.53. The van der Waals surface area contributed by atoms with Crippen LogP contribution in [-0.2, 0) is 12.4 Å². The first-order valence-corrected chi connectivity index (χ1v) is 12.2. The quantitative estimate of drug-likeness (QED) is 0.359. The first-order chi connectivity index (χ1) is 19.1. The van der Waals surface area contributed by atoms with Crippen molar-refractivity contribution in [1.29, 1.82) is 0 Å². The number of rotatable bonds is 5. The summed E-state index contributed by atoms with van der Waals surface area (Å²) in [5.74, 6) is -1.58. The number of benzene rings is 2. The summed E-state index contributed by atoms with van der Waals surface area (Å²) in [4.78, 5) is 25.6. The molecular weight excluding hydrogens is 561 g/mol. The van der Waals surface area contributed by atoms with Crippen LogP contribution >= 0.6 is 0 Å². The average Bonchev–Trinajstić information content (AvgIpc) is 2.89. The summed E-state index contributed by atoms with van der Waals surface area (Å²) < 4.78 is 98.5. The van der Waals surface area contributed by atoms with Gasteiger partial charge < -0.3 is 19.9 Å². The summed E-state index contributed by atoms with van der Waals surface area (Å²) >= 11 is 0. The maximum atomic E-state index is 14.9. The van der Waals surface area contributed by atoms with Gasteiger partial charge in [-0.2, -0.15) is 31.3 Å². The van der Waals surface area contributed by atoms with Gasteiger partial charge in [-0.25, -0.2) is 14.2 Å². The van der Waals surface area contributed by atoms with E-state index in [-0.39, 0.29) is 36.0 Å². The number of hydrogen-bond donors (Lipinski definition) is 1. The molecule has 1 atom stereocenters. The Morgan fingerprint density at radius 1 is 1.02 bits per heavy atom. The van der Waals surface area contributed by atoms with Gasteiger partial charge in [0, 0.05) is 44.6 Å². The third kappa shape index (κ3) is 7.14. The molecule has 3 aromatic rings. The molecule has 0 radical (unpaired) electrons. The number of nitrogens with one attached hydrogen (secondary N) is 1. The topological polar surface area (TPSA) is 73.8 Å². The molecule has 1 N–H and O–H groups in total. The first-order valence-electron chi connectivity index (χ1n) is 12.2. The number of aromatic nitrogens is 2. The Morgan fingerprint density at radius 2 is 1.68 bits per heavy atom. The zero-order valence-corrected chi connectivity index (χ0v) is 22.0. The lowest BCUT2D eigenvalue weighted by molar-refractivity contribution is -0.143. The molecule has 2 heterocycles. The molecule has 1 fully saturated rings. The normalized spacial score (nSPS) is 16.4. The van der Waals surface area contributed by atoms with Gasteiger partial charge in [0.15, 0.2) is 0 Å². The van der Waals surface area contributed by atoms with E-state index in [0.717, 1.165) is 18.5 Å². The van der Waals surface area contributed by atoms with E-state index in [1.165, 1.54) is 18.3 Å². The smallest absolute Gasteiger partial charge is 0.410 e. The number of carbonyl (C=O) groups excluding carboxylic acids is 1. The van der Waals surface area contributed by atoms with Gasteiger partial charge >= 0.3 is 18.4 Å². The van der Waals surface area contributed by atoms with E-state index >= 15 is 0 Å². The molecule has 220 valence electrons. The minimum atomic E-state index is -5.11. The minimum absolute atomic E-state index is 0.0547. The lowest BCUT2D eigenvalue weighted by Gasteiger charge is -2.39. The van der Waals surface area contributed by atoms with Crippen LogP contribution in [0.25, 0.3) is 0 Å². The molecule has 2 aromatic carbocycles. The van der Waals surface area contributed by atoms with Gasteiger partial charge in [0.2, 0.25) is 5.95 Å². The van der Waals surface area contributed by atoms with Crippen LogP contribution in [0.1, 0.15) is 18.1 Å². The Bertz CT molecular complexity index is 1380. The summed E-state index contributed by atoms with van der Waals surface area (Å²) in [7, 11) is 3.16. The highest BCUT2D eigenvalue weighted by Gasteiger charge is 2.37. The molecule has 4 rings (SSSR count). The molecule has 1 amide bonds. The maximum absolute atomic E-state index is 14.9. The zero-order chi connectivity index (χ0) is 30.1. The molecule has 1 saturated heterocycles. The summed E-state index contributed by atoms with van der Waals surface area (Å²) in [5, 5.41) is 2.81. The lowest BCUT2D eigenvalue weighted by Crippen LogP contribution is -2.50. The maximum Gasteiger partial charge on any atom is 0.420 e. The lowest BCUT2D eigenvalue weighted by atomic mass is 10.1. The van der Waals surface area contributed by atoms with Crippen molar-refractivity contribution in [2.75, 3.05) is 48.8 Å². The molecule has 0 bridgehead atoms. The fraction of sp³-hybridized carbons (Fsp3) is 0.346. The van der Waals surface area contributed by atoms with E-state index in [1.54, 1.807) is 12.1 Å². The van der Waals surface area contributed by atoms with Gasteiger partial charge in [0.1, 0.15) is 17.4 Å². The number of ether oxygens (including phenoxy) is 1. The highest BCUT2D eigenvalue weighted by molar-refractivity contribution is 5.87. The van der Waals surface area contributed by atoms with Crippen LogP contribution in [0.15, 0.2) is 48.7 Å². The van der Waals surface area contributed by atoms with Gasteiger partial charge in [0.25, 0.3) is 0 Å². The zero-order valence-electron chi connectivity index (χ0n) is 22.0. The van der Waals surface area contributed by atoms with Crippen molar-refractivity contribution in [3.63, 3.8) is 0 Å². The van der Waals surface area contributed by atoms with Crippen LogP contribution in [0, 0.1) is 5.82 Å². The molecule has 1 aliphatic rings. The molecule has 41 heavy (non-hydrogen) atoms. The number of halogens is 7. The number of hydrogen-bond acceptors (Lipinski definition) is 7. The van der Waals surface area contributed by atoms with Gasteiger partial charge in [-0.05, 0) is 56.4 Å². The van der Waals surface area contributed by atoms with Crippen LogP contribution in [0.3, 0.4) is 0 Å². The Hall–Kier alpha value is -4.14. The summed E-state index contributed by atoms with van der Waals surface area (Å²) in [6.07, 6.45) is -10.3. The van der Waals surface area contributed by atoms with Crippen molar-refractivity contribution >= 4 is 29.2 Å². The summed E-state index contributed by atoms with van der Waals surface area (Å²) in [6.45, 7) is 4.16. The predicted molar refractivity (Wildman–Crippen MR) is 137 cm³/mol. The van der Waals surface area contributed by atoms with E-state index in [2.05, 4.69) is 27.1 Å². The van der Waals surface area contributed by atoms with Gasteiger partial charge in [-0.3, -0.25) is 4.90 Å². The van der Waals surface area contributed by atoms with Crippen molar-refractivity contribution < 1.29 is 40.3 Å². The van der Waals surface area contributed by atoms with Crippen molar-refractivity contribution in [2.24, 2.45) is 0 Å². The predicted octanol–water partition coefficient (Wildman–Crippen LogP) is 6.17. The Labute approximate surface area is 230 Å². The number of nitrogens with zero attached hydrogens (tertiary/aromatic N) is 5. The molecule has 0 saturated carbocycles. The van der Waals surface area contributed by atoms with E-state index in [0.29, 0.717) is 24.5 Å². The van der Waals surface area contributed by atoms with Crippen LogP contribution < -0.4 is 19.9 Å². The molecule has 0 aliphatic carbocycles. The van der Waals surface area contributed by atoms with Gasteiger partial charge in [-0.15, -0.1) is 0 Å². The van der Waals surface area contributed by atoms with Gasteiger partial charge in [-0.1, -0.05) is 0 Å². The Kier molecular flexibility index (Phi) is 8.29. The second-order valence-electron chi connectivity index (χ2n) is 9.47. The average molecular weight is 587 g/mol. The minimum Gasteiger partial charge on any atom is -0.410 e. The monoisotopic (exact) mass is 586 g/mol. The molecule has 1 aliphatic heterocycles. The molecule has 0 spiro atoms. The highest BCUT2D eigenvalue weighted by Crippen LogP contribution is 2.38. The van der Waals surface area contributed by atoms with Crippen molar-refractivity contribution in [2.45, 2.75) is 25.3 Å². The van der Waals surface area contributed by atoms with Crippen molar-refractivity contribution in [3.05, 3.63) is 65.6 Å². The number of alkyl halides is 6. The number of carbonyl (C=O) groups is 1. The first kappa shape index (κ1) is 29.8. The third-order valence-electron chi connectivity index (χ3n) is 6.53. The molecule has 15 heteroatoms. The Balaban J connectivity index is 1.48. The fourth-order valence-corrected chi connectivity index (χ4v) is 4.08. The molecule has 8 nitrogen and oxygen atoms in total. The summed E-state index contributed by atoms with van der Waals surface area (Å²) in [5.41, 5.74) is -2.52. The number of likely N-dealkylation sites (N-methyl/N-ethyl adjacent to an activating group) is 1. The van der Waals surface area contributed by atoms with Crippen LogP contribution in [0.5, 0.6) is 5.75 Å². The van der Waals surface area contributed by atoms with E-state index in [9.17, 15) is 35.5 Å². The van der Waals surface area contributed by atoms with Crippen molar-refractivity contribution in [1.82, 2.24) is 14.9 Å². The second-order valence-corrected chi connectivity index (χ2v) is 9.47. The van der Waals surface area contributed by atoms with Crippen LogP contribution in [0.2, 0.25) is 0 Å². The standard InChI is InChI=1S/C26H25F7N6O2/c1-15-14-39(9-8-37(15)2)21-5-4-18(13-20(21)27)35-23-34-7-6-22(36-23)38(3)24(40)41-19-11-16(25(28,29)30)10-17(12-19)26(31,32)33/h4-7,10-13,15H,8-9,14H2,1-3H3,(H,34,35,36). The van der Waals surface area contributed by atoms with Crippen molar-refractivity contribution in [3.8, 4) is 5.75 Å². The van der Waals surface area contributed by atoms with E-state index in [1.807, 2.05) is 11.9 Å². The van der Waals surface area contributed by atoms with Crippen LogP contribution in [-0.4, -0.2) is 60.7 Å². The highest BCUT2D eigenvalue weighted by atomic mass is 19.4. The molecule has 1 aromatic heterocycles. The fourth-order valence-electron chi connectivity index (χ4n) is 4.08.